The molecule has 0 radical (unpaired) electrons. The number of fused-ring (bicyclic) bond motifs is 1. The van der Waals surface area contributed by atoms with Gasteiger partial charge in [0.2, 0.25) is 5.88 Å². The number of methoxy groups -OCH3 is 2. The minimum absolute atomic E-state index is 0.00727. The van der Waals surface area contributed by atoms with E-state index in [0.717, 1.165) is 16.7 Å². The van der Waals surface area contributed by atoms with Crippen LogP contribution < -0.4 is 9.47 Å². The van der Waals surface area contributed by atoms with Gasteiger partial charge in [-0.3, -0.25) is 9.67 Å². The van der Waals surface area contributed by atoms with E-state index in [1.807, 2.05) is 6.07 Å². The van der Waals surface area contributed by atoms with Gasteiger partial charge in [0.15, 0.2) is 5.65 Å². The number of aliphatic imine (C=N–C) groups is 1. The van der Waals surface area contributed by atoms with Crippen LogP contribution in [0.25, 0.3) is 23.0 Å². The van der Waals surface area contributed by atoms with E-state index in [9.17, 15) is 13.2 Å². The lowest BCUT2D eigenvalue weighted by molar-refractivity contribution is -0.142. The Bertz CT molecular complexity index is 1510. The second-order valence-electron chi connectivity index (χ2n) is 8.62. The number of nitrogens with zero attached hydrogens (tertiary/aromatic N) is 8. The van der Waals surface area contributed by atoms with Crippen LogP contribution in [0.4, 0.5) is 13.2 Å². The fourth-order valence-electron chi connectivity index (χ4n) is 4.37. The number of imidazole rings is 1. The van der Waals surface area contributed by atoms with E-state index in [1.165, 1.54) is 20.4 Å². The van der Waals surface area contributed by atoms with Crippen molar-refractivity contribution in [1.29, 1.82) is 0 Å². The first-order valence-corrected chi connectivity index (χ1v) is 11.3. The molecule has 1 aliphatic rings. The minimum atomic E-state index is -4.39. The summed E-state index contributed by atoms with van der Waals surface area (Å²) < 4.78 is 52.2. The van der Waals surface area contributed by atoms with Gasteiger partial charge in [0.1, 0.15) is 6.54 Å². The topological polar surface area (TPSA) is 105 Å². The third kappa shape index (κ3) is 4.76. The average Bonchev–Trinajstić information content (AvgIpc) is 3.39. The van der Waals surface area contributed by atoms with Gasteiger partial charge in [-0.15, -0.1) is 0 Å². The first kappa shape index (κ1) is 24.4. The molecule has 5 rings (SSSR count). The molecule has 10 nitrogen and oxygen atoms in total. The molecule has 0 aliphatic heterocycles. The highest BCUT2D eigenvalue weighted by Crippen LogP contribution is 2.53. The molecule has 192 valence electrons. The summed E-state index contributed by atoms with van der Waals surface area (Å²) >= 11 is 0. The Balaban J connectivity index is 1.51. The minimum Gasteiger partial charge on any atom is -0.480 e. The van der Waals surface area contributed by atoms with E-state index in [2.05, 4.69) is 36.9 Å². The Hall–Kier alpha value is -4.29. The van der Waals surface area contributed by atoms with E-state index < -0.39 is 12.7 Å². The molecule has 4 heterocycles. The van der Waals surface area contributed by atoms with Crippen molar-refractivity contribution < 1.29 is 22.6 Å². The van der Waals surface area contributed by atoms with Crippen molar-refractivity contribution in [2.75, 3.05) is 14.2 Å². The van der Waals surface area contributed by atoms with E-state index in [0.29, 0.717) is 39.7 Å². The first-order chi connectivity index (χ1) is 17.7. The number of ether oxygens (including phenoxy) is 2. The highest BCUT2D eigenvalue weighted by molar-refractivity contribution is 5.68. The second-order valence-corrected chi connectivity index (χ2v) is 8.62. The molecule has 4 aromatic heterocycles. The molecule has 13 heteroatoms. The van der Waals surface area contributed by atoms with Gasteiger partial charge in [0.25, 0.3) is 0 Å². The van der Waals surface area contributed by atoms with Gasteiger partial charge in [-0.25, -0.2) is 14.5 Å². The zero-order valence-corrected chi connectivity index (χ0v) is 20.3. The predicted molar refractivity (Wildman–Crippen MR) is 129 cm³/mol. The van der Waals surface area contributed by atoms with Gasteiger partial charge >= 0.3 is 12.2 Å². The Kier molecular flexibility index (Phi) is 6.13. The molecule has 1 saturated carbocycles. The van der Waals surface area contributed by atoms with Crippen LogP contribution in [-0.2, 0) is 6.54 Å². The molecule has 1 fully saturated rings. The lowest BCUT2D eigenvalue weighted by Gasteiger charge is -2.11. The van der Waals surface area contributed by atoms with Crippen molar-refractivity contribution in [3.63, 3.8) is 0 Å². The van der Waals surface area contributed by atoms with Crippen molar-refractivity contribution in [1.82, 2.24) is 34.3 Å². The molecule has 0 amide bonds. The van der Waals surface area contributed by atoms with Gasteiger partial charge < -0.3 is 9.47 Å². The maximum absolute atomic E-state index is 13.0. The molecule has 0 spiro atoms. The number of hydrogen-bond donors (Lipinski definition) is 0. The highest BCUT2D eigenvalue weighted by atomic mass is 19.4. The molecule has 1 aliphatic carbocycles. The summed E-state index contributed by atoms with van der Waals surface area (Å²) in [4.78, 5) is 17.1. The number of halogens is 3. The van der Waals surface area contributed by atoms with Crippen molar-refractivity contribution in [3.05, 3.63) is 53.4 Å². The van der Waals surface area contributed by atoms with Crippen LogP contribution in [0.1, 0.15) is 29.2 Å². The van der Waals surface area contributed by atoms with Gasteiger partial charge in [0.05, 0.1) is 37.4 Å². The fraction of sp³-hybridized carbons (Fsp3) is 0.333. The van der Waals surface area contributed by atoms with Crippen LogP contribution in [0.3, 0.4) is 0 Å². The van der Waals surface area contributed by atoms with Crippen molar-refractivity contribution in [3.8, 4) is 23.1 Å². The number of aryl methyl sites for hydroxylation is 1. The quantitative estimate of drug-likeness (QED) is 0.327. The number of rotatable bonds is 8. The number of alkyl halides is 3. The molecule has 0 aromatic carbocycles. The number of allylic oxidation sites excluding steroid dienone is 1. The Morgan fingerprint density at radius 2 is 2.05 bits per heavy atom. The third-order valence-corrected chi connectivity index (χ3v) is 6.21. The lowest BCUT2D eigenvalue weighted by Crippen LogP contribution is -2.19. The SMILES string of the molecule is C=N/C(=C\c1c(C)cnn1CC(F)(F)F)[C@H]1C[C@@H]1c1cc(-c2cnc(OC)nc2OC)nn2ccnc12. The van der Waals surface area contributed by atoms with Gasteiger partial charge in [-0.05, 0) is 43.7 Å². The highest BCUT2D eigenvalue weighted by Gasteiger charge is 2.43. The summed E-state index contributed by atoms with van der Waals surface area (Å²) in [7, 11) is 2.96. The fourth-order valence-corrected chi connectivity index (χ4v) is 4.37. The van der Waals surface area contributed by atoms with Gasteiger partial charge in [-0.1, -0.05) is 0 Å². The van der Waals surface area contributed by atoms with Crippen LogP contribution in [0.5, 0.6) is 11.9 Å². The van der Waals surface area contributed by atoms with Crippen LogP contribution in [0.2, 0.25) is 0 Å². The van der Waals surface area contributed by atoms with E-state index in [1.54, 1.807) is 36.1 Å². The van der Waals surface area contributed by atoms with E-state index >= 15 is 0 Å². The van der Waals surface area contributed by atoms with Crippen molar-refractivity contribution in [2.24, 2.45) is 10.9 Å². The molecule has 2 atom stereocenters. The summed E-state index contributed by atoms with van der Waals surface area (Å²) in [5, 5.41) is 8.52. The average molecular weight is 512 g/mol. The second kappa shape index (κ2) is 9.30. The van der Waals surface area contributed by atoms with E-state index in [-0.39, 0.29) is 17.8 Å². The smallest absolute Gasteiger partial charge is 0.408 e. The maximum Gasteiger partial charge on any atom is 0.408 e. The van der Waals surface area contributed by atoms with E-state index in [4.69, 9.17) is 9.47 Å². The Labute approximate surface area is 209 Å². The van der Waals surface area contributed by atoms with Crippen molar-refractivity contribution >= 4 is 18.4 Å². The predicted octanol–water partition coefficient (Wildman–Crippen LogP) is 4.12. The summed E-state index contributed by atoms with van der Waals surface area (Å²) in [6.45, 7) is 4.20. The molecule has 37 heavy (non-hydrogen) atoms. The normalized spacial score (nSPS) is 17.7. The Morgan fingerprint density at radius 1 is 1.24 bits per heavy atom. The molecule has 0 unspecified atom stereocenters. The van der Waals surface area contributed by atoms with Crippen LogP contribution in [0.15, 0.2) is 41.5 Å². The zero-order valence-electron chi connectivity index (χ0n) is 20.3. The Morgan fingerprint density at radius 3 is 2.76 bits per heavy atom. The number of hydrogen-bond acceptors (Lipinski definition) is 8. The molecule has 0 saturated heterocycles. The van der Waals surface area contributed by atoms with Crippen LogP contribution in [0, 0.1) is 12.8 Å². The molecule has 4 aromatic rings. The summed E-state index contributed by atoms with van der Waals surface area (Å²) in [6, 6.07) is 2.07. The summed E-state index contributed by atoms with van der Waals surface area (Å²) in [6.07, 6.45) is 4.34. The van der Waals surface area contributed by atoms with Gasteiger partial charge in [-0.2, -0.15) is 28.4 Å². The monoisotopic (exact) mass is 512 g/mol. The van der Waals surface area contributed by atoms with Crippen LogP contribution in [-0.4, -0.2) is 61.5 Å². The largest absolute Gasteiger partial charge is 0.480 e. The lowest BCUT2D eigenvalue weighted by atomic mass is 10.1. The molecule has 0 bridgehead atoms. The molecule has 0 N–H and O–H groups in total. The number of aromatic nitrogens is 7. The first-order valence-electron chi connectivity index (χ1n) is 11.3. The molecular weight excluding hydrogens is 489 g/mol. The van der Waals surface area contributed by atoms with Gasteiger partial charge in [0, 0.05) is 35.8 Å². The standard InChI is InChI=1S/C24H23F3N8O2/c1-13-10-31-35(12-24(25,26)27)20(13)9-18(28-2)15-7-14(15)16-8-19(33-34-6-5-29-21(16)34)17-11-30-23(37-4)32-22(17)36-3/h5-6,8-11,14-15H,2,7,12H2,1,3-4H3/b18-9-/t14-,15-/m0/s1. The summed E-state index contributed by atoms with van der Waals surface area (Å²) in [5.41, 5.74) is 4.29. The van der Waals surface area contributed by atoms with Crippen molar-refractivity contribution in [2.45, 2.75) is 32.0 Å². The molecular formula is C24H23F3N8O2. The third-order valence-electron chi connectivity index (χ3n) is 6.21. The summed E-state index contributed by atoms with van der Waals surface area (Å²) in [5.74, 6) is 0.252. The van der Waals surface area contributed by atoms with Crippen LogP contribution >= 0.6 is 0 Å². The zero-order chi connectivity index (χ0) is 26.3. The maximum atomic E-state index is 13.0.